The predicted molar refractivity (Wildman–Crippen MR) is 67.5 cm³/mol. The van der Waals surface area contributed by atoms with Crippen molar-refractivity contribution in [3.63, 3.8) is 0 Å². The number of nitrogens with one attached hydrogen (secondary N) is 1. The van der Waals surface area contributed by atoms with Gasteiger partial charge in [-0.3, -0.25) is 9.69 Å². The maximum Gasteiger partial charge on any atom is 0.237 e. The third kappa shape index (κ3) is 4.14. The molecule has 16 heavy (non-hydrogen) atoms. The van der Waals surface area contributed by atoms with Crippen LogP contribution < -0.4 is 5.32 Å². The minimum atomic E-state index is -0.0840. The Bertz CT molecular complexity index is 266. The number of hydrogen-bond donors (Lipinski definition) is 1. The molecule has 1 heterocycles. The number of nitrogens with zero attached hydrogens (tertiary/aromatic N) is 1. The lowest BCUT2D eigenvalue weighted by Crippen LogP contribution is -2.47. The molecule has 1 rings (SSSR count). The summed E-state index contributed by atoms with van der Waals surface area (Å²) in [6.45, 7) is 6.45. The maximum atomic E-state index is 11.8. The molecule has 92 valence electrons. The zero-order chi connectivity index (χ0) is 12.0. The van der Waals surface area contributed by atoms with E-state index in [1.807, 2.05) is 13.0 Å². The summed E-state index contributed by atoms with van der Waals surface area (Å²) in [4.78, 5) is 13.9. The van der Waals surface area contributed by atoms with Crippen molar-refractivity contribution in [2.45, 2.75) is 39.2 Å². The van der Waals surface area contributed by atoms with Gasteiger partial charge in [-0.15, -0.1) is 0 Å². The van der Waals surface area contributed by atoms with Gasteiger partial charge in [0.15, 0.2) is 0 Å². The third-order valence-corrected chi connectivity index (χ3v) is 3.17. The Morgan fingerprint density at radius 1 is 1.69 bits per heavy atom. The lowest BCUT2D eigenvalue weighted by Gasteiger charge is -2.30. The Labute approximate surface area is 103 Å². The second-order valence-corrected chi connectivity index (χ2v) is 4.72. The van der Waals surface area contributed by atoms with Crippen LogP contribution >= 0.6 is 11.6 Å². The zero-order valence-corrected chi connectivity index (χ0v) is 10.9. The summed E-state index contributed by atoms with van der Waals surface area (Å²) >= 11 is 5.97. The van der Waals surface area contributed by atoms with Gasteiger partial charge in [0.25, 0.3) is 0 Å². The van der Waals surface area contributed by atoms with E-state index in [2.05, 4.69) is 17.1 Å². The second kappa shape index (κ2) is 6.92. The van der Waals surface area contributed by atoms with Crippen LogP contribution in [0.3, 0.4) is 0 Å². The molecule has 0 saturated heterocycles. The fourth-order valence-corrected chi connectivity index (χ4v) is 2.02. The lowest BCUT2D eigenvalue weighted by molar-refractivity contribution is -0.125. The molecule has 3 nitrogen and oxygen atoms in total. The van der Waals surface area contributed by atoms with Crippen molar-refractivity contribution in [2.24, 2.45) is 0 Å². The van der Waals surface area contributed by atoms with E-state index in [0.29, 0.717) is 6.54 Å². The Morgan fingerprint density at radius 3 is 3.06 bits per heavy atom. The van der Waals surface area contributed by atoms with Gasteiger partial charge in [-0.2, -0.15) is 0 Å². The molecule has 1 atom stereocenters. The first-order chi connectivity index (χ1) is 7.65. The van der Waals surface area contributed by atoms with Crippen LogP contribution in [0, 0.1) is 0 Å². The third-order valence-electron chi connectivity index (χ3n) is 2.89. The van der Waals surface area contributed by atoms with Gasteiger partial charge in [-0.05, 0) is 19.8 Å². The van der Waals surface area contributed by atoms with Gasteiger partial charge < -0.3 is 5.32 Å². The SMILES string of the molecule is CCCCNC(=O)C(C)N1CCC=C(Cl)C1. The van der Waals surface area contributed by atoms with Crippen molar-refractivity contribution >= 4 is 17.5 Å². The van der Waals surface area contributed by atoms with E-state index >= 15 is 0 Å². The van der Waals surface area contributed by atoms with Crippen LogP contribution in [0.15, 0.2) is 11.1 Å². The highest BCUT2D eigenvalue weighted by Crippen LogP contribution is 2.15. The molecule has 0 aromatic carbocycles. The molecular formula is C12H21ClN2O. The molecule has 0 fully saturated rings. The highest BCUT2D eigenvalue weighted by molar-refractivity contribution is 6.29. The number of hydrogen-bond acceptors (Lipinski definition) is 2. The first-order valence-electron chi connectivity index (χ1n) is 6.01. The average Bonchev–Trinajstić information content (AvgIpc) is 2.28. The number of carbonyl (C=O) groups is 1. The smallest absolute Gasteiger partial charge is 0.237 e. The van der Waals surface area contributed by atoms with E-state index in [1.165, 1.54) is 0 Å². The van der Waals surface area contributed by atoms with Crippen molar-refractivity contribution in [3.05, 3.63) is 11.1 Å². The molecule has 1 aliphatic rings. The molecule has 1 aliphatic heterocycles. The molecule has 0 aliphatic carbocycles. The number of amides is 1. The Hall–Kier alpha value is -0.540. The van der Waals surface area contributed by atoms with Gasteiger partial charge >= 0.3 is 0 Å². The standard InChI is InChI=1S/C12H21ClN2O/c1-3-4-7-14-12(16)10(2)15-8-5-6-11(13)9-15/h6,10H,3-5,7-9H2,1-2H3,(H,14,16). The summed E-state index contributed by atoms with van der Waals surface area (Å²) in [5.74, 6) is 0.111. The number of unbranched alkanes of at least 4 members (excludes halogenated alkanes) is 1. The number of carbonyl (C=O) groups excluding carboxylic acids is 1. The van der Waals surface area contributed by atoms with Crippen LogP contribution in [0.2, 0.25) is 0 Å². The molecule has 1 amide bonds. The van der Waals surface area contributed by atoms with Crippen LogP contribution in [0.5, 0.6) is 0 Å². The largest absolute Gasteiger partial charge is 0.355 e. The molecule has 0 saturated carbocycles. The van der Waals surface area contributed by atoms with Crippen LogP contribution in [0.25, 0.3) is 0 Å². The molecular weight excluding hydrogens is 224 g/mol. The van der Waals surface area contributed by atoms with Crippen molar-refractivity contribution in [3.8, 4) is 0 Å². The fraction of sp³-hybridized carbons (Fsp3) is 0.750. The quantitative estimate of drug-likeness (QED) is 0.752. The van der Waals surface area contributed by atoms with Gasteiger partial charge in [0.1, 0.15) is 0 Å². The van der Waals surface area contributed by atoms with E-state index in [0.717, 1.165) is 37.4 Å². The van der Waals surface area contributed by atoms with E-state index in [-0.39, 0.29) is 11.9 Å². The predicted octanol–water partition coefficient (Wildman–Crippen LogP) is 2.12. The molecule has 0 aromatic heterocycles. The minimum Gasteiger partial charge on any atom is -0.355 e. The van der Waals surface area contributed by atoms with Gasteiger partial charge in [-0.1, -0.05) is 31.0 Å². The topological polar surface area (TPSA) is 32.3 Å². The summed E-state index contributed by atoms with van der Waals surface area (Å²) in [5.41, 5.74) is 0. The van der Waals surface area contributed by atoms with Gasteiger partial charge in [0.2, 0.25) is 5.91 Å². The Balaban J connectivity index is 2.35. The first-order valence-corrected chi connectivity index (χ1v) is 6.39. The van der Waals surface area contributed by atoms with Crippen LogP contribution in [-0.2, 0) is 4.79 Å². The Kier molecular flexibility index (Phi) is 5.85. The van der Waals surface area contributed by atoms with Crippen LogP contribution in [0.1, 0.15) is 33.1 Å². The summed E-state index contributed by atoms with van der Waals surface area (Å²) in [5, 5.41) is 3.80. The van der Waals surface area contributed by atoms with E-state index in [4.69, 9.17) is 11.6 Å². The fourth-order valence-electron chi connectivity index (χ4n) is 1.76. The molecule has 0 spiro atoms. The molecule has 4 heteroatoms. The van der Waals surface area contributed by atoms with Crippen molar-refractivity contribution in [1.82, 2.24) is 10.2 Å². The molecule has 0 radical (unpaired) electrons. The Morgan fingerprint density at radius 2 is 2.44 bits per heavy atom. The summed E-state index contributed by atoms with van der Waals surface area (Å²) in [6.07, 6.45) is 5.11. The van der Waals surface area contributed by atoms with E-state index < -0.39 is 0 Å². The monoisotopic (exact) mass is 244 g/mol. The average molecular weight is 245 g/mol. The molecule has 0 aromatic rings. The summed E-state index contributed by atoms with van der Waals surface area (Å²) in [7, 11) is 0. The van der Waals surface area contributed by atoms with Gasteiger partial charge in [0, 0.05) is 24.7 Å². The molecule has 1 N–H and O–H groups in total. The molecule has 0 bridgehead atoms. The van der Waals surface area contributed by atoms with Crippen molar-refractivity contribution in [2.75, 3.05) is 19.6 Å². The van der Waals surface area contributed by atoms with E-state index in [9.17, 15) is 4.79 Å². The minimum absolute atomic E-state index is 0.0840. The highest BCUT2D eigenvalue weighted by Gasteiger charge is 2.22. The number of rotatable bonds is 5. The second-order valence-electron chi connectivity index (χ2n) is 4.23. The van der Waals surface area contributed by atoms with Crippen LogP contribution in [0.4, 0.5) is 0 Å². The summed E-state index contributed by atoms with van der Waals surface area (Å²) < 4.78 is 0. The summed E-state index contributed by atoms with van der Waals surface area (Å²) in [6, 6.07) is -0.0840. The van der Waals surface area contributed by atoms with Gasteiger partial charge in [-0.25, -0.2) is 0 Å². The van der Waals surface area contributed by atoms with Crippen molar-refractivity contribution < 1.29 is 4.79 Å². The van der Waals surface area contributed by atoms with Crippen molar-refractivity contribution in [1.29, 1.82) is 0 Å². The normalized spacial score (nSPS) is 19.1. The van der Waals surface area contributed by atoms with Crippen LogP contribution in [-0.4, -0.2) is 36.5 Å². The molecule has 1 unspecified atom stereocenters. The van der Waals surface area contributed by atoms with E-state index in [1.54, 1.807) is 0 Å². The highest BCUT2D eigenvalue weighted by atomic mass is 35.5. The maximum absolute atomic E-state index is 11.8. The first kappa shape index (κ1) is 13.5. The lowest BCUT2D eigenvalue weighted by atomic mass is 10.2. The van der Waals surface area contributed by atoms with Gasteiger partial charge in [0.05, 0.1) is 6.04 Å². The zero-order valence-electron chi connectivity index (χ0n) is 10.1. The number of halogens is 1.